The Morgan fingerprint density at radius 2 is 1.67 bits per heavy atom. The molecule has 0 heterocycles. The molecule has 0 unspecified atom stereocenters. The van der Waals surface area contributed by atoms with Crippen molar-refractivity contribution in [1.29, 1.82) is 0 Å². The predicted octanol–water partition coefficient (Wildman–Crippen LogP) is 3.86. The molecule has 0 amide bonds. The highest BCUT2D eigenvalue weighted by Gasteiger charge is 1.96. The van der Waals surface area contributed by atoms with Crippen LogP contribution in [0.2, 0.25) is 0 Å². The molecule has 0 bridgehead atoms. The molecular weight excluding hydrogens is 335 g/mol. The van der Waals surface area contributed by atoms with E-state index in [0.29, 0.717) is 13.2 Å². The van der Waals surface area contributed by atoms with Crippen molar-refractivity contribution < 1.29 is 4.74 Å². The summed E-state index contributed by atoms with van der Waals surface area (Å²) in [5.41, 5.74) is 2.23. The molecule has 2 aromatic rings. The van der Waals surface area contributed by atoms with Gasteiger partial charge >= 0.3 is 0 Å². The van der Waals surface area contributed by atoms with Crippen LogP contribution in [0, 0.1) is 15.4 Å². The predicted molar refractivity (Wildman–Crippen MR) is 82.1 cm³/mol. The minimum atomic E-state index is 0.458. The van der Waals surface area contributed by atoms with Crippen LogP contribution in [0.25, 0.3) is 0 Å². The first-order chi connectivity index (χ1) is 8.86. The summed E-state index contributed by atoms with van der Waals surface area (Å²) in [4.78, 5) is 0. The van der Waals surface area contributed by atoms with E-state index in [1.165, 1.54) is 9.13 Å². The van der Waals surface area contributed by atoms with Crippen molar-refractivity contribution in [2.45, 2.75) is 6.61 Å². The van der Waals surface area contributed by atoms with Gasteiger partial charge in [-0.1, -0.05) is 48.2 Å². The number of halogens is 1. The zero-order valence-electron chi connectivity index (χ0n) is 9.90. The normalized spacial score (nSPS) is 9.61. The molecule has 0 radical (unpaired) electrons. The van der Waals surface area contributed by atoms with Crippen molar-refractivity contribution in [2.75, 3.05) is 6.61 Å². The Morgan fingerprint density at radius 1 is 0.944 bits per heavy atom. The van der Waals surface area contributed by atoms with Gasteiger partial charge in [0.15, 0.2) is 0 Å². The Balaban J connectivity index is 1.81. The van der Waals surface area contributed by atoms with Gasteiger partial charge in [0.2, 0.25) is 0 Å². The van der Waals surface area contributed by atoms with Crippen molar-refractivity contribution in [3.05, 3.63) is 69.3 Å². The highest BCUT2D eigenvalue weighted by Crippen LogP contribution is 2.12. The smallest absolute Gasteiger partial charge is 0.108 e. The van der Waals surface area contributed by atoms with Crippen LogP contribution in [0.4, 0.5) is 0 Å². The third kappa shape index (κ3) is 4.17. The van der Waals surface area contributed by atoms with Crippen LogP contribution in [-0.2, 0) is 11.3 Å². The highest BCUT2D eigenvalue weighted by molar-refractivity contribution is 14.1. The molecule has 0 saturated heterocycles. The van der Waals surface area contributed by atoms with E-state index in [4.69, 9.17) is 4.74 Å². The van der Waals surface area contributed by atoms with Crippen LogP contribution in [0.5, 0.6) is 0 Å². The summed E-state index contributed by atoms with van der Waals surface area (Å²) < 4.78 is 6.77. The van der Waals surface area contributed by atoms with E-state index >= 15 is 0 Å². The van der Waals surface area contributed by atoms with Gasteiger partial charge in [0.05, 0.1) is 6.61 Å². The number of hydrogen-bond donors (Lipinski definition) is 0. The van der Waals surface area contributed by atoms with Gasteiger partial charge in [0.1, 0.15) is 6.61 Å². The quantitative estimate of drug-likeness (QED) is 0.465. The van der Waals surface area contributed by atoms with E-state index in [1.54, 1.807) is 0 Å². The lowest BCUT2D eigenvalue weighted by Gasteiger charge is -2.02. The zero-order chi connectivity index (χ0) is 12.6. The molecule has 0 atom stereocenters. The van der Waals surface area contributed by atoms with Gasteiger partial charge in [0, 0.05) is 9.13 Å². The molecular formula is C16H13IO. The summed E-state index contributed by atoms with van der Waals surface area (Å²) in [6.07, 6.45) is 0. The third-order valence-corrected chi connectivity index (χ3v) is 3.45. The number of ether oxygens (including phenoxy) is 1. The van der Waals surface area contributed by atoms with Crippen molar-refractivity contribution in [1.82, 2.24) is 0 Å². The lowest BCUT2D eigenvalue weighted by molar-refractivity contribution is 0.153. The van der Waals surface area contributed by atoms with Crippen LogP contribution < -0.4 is 0 Å². The van der Waals surface area contributed by atoms with E-state index in [0.717, 1.165) is 5.56 Å². The highest BCUT2D eigenvalue weighted by atomic mass is 127. The maximum atomic E-state index is 5.54. The number of hydrogen-bond acceptors (Lipinski definition) is 1. The lowest BCUT2D eigenvalue weighted by atomic mass is 10.2. The minimum absolute atomic E-state index is 0.458. The van der Waals surface area contributed by atoms with Crippen LogP contribution >= 0.6 is 22.6 Å². The first-order valence-corrected chi connectivity index (χ1v) is 6.79. The average Bonchev–Trinajstić information content (AvgIpc) is 2.42. The fourth-order valence-electron chi connectivity index (χ4n) is 1.49. The van der Waals surface area contributed by atoms with E-state index in [1.807, 2.05) is 42.5 Å². The maximum Gasteiger partial charge on any atom is 0.108 e. The summed E-state index contributed by atoms with van der Waals surface area (Å²) in [5.74, 6) is 6.09. The molecule has 1 nitrogen and oxygen atoms in total. The molecule has 0 aliphatic heterocycles. The second kappa shape index (κ2) is 7.20. The summed E-state index contributed by atoms with van der Waals surface area (Å²) in [7, 11) is 0. The van der Waals surface area contributed by atoms with Crippen LogP contribution in [0.15, 0.2) is 54.6 Å². The summed E-state index contributed by atoms with van der Waals surface area (Å²) in [6.45, 7) is 1.07. The van der Waals surface area contributed by atoms with Gasteiger partial charge in [-0.3, -0.25) is 0 Å². The van der Waals surface area contributed by atoms with Gasteiger partial charge < -0.3 is 4.74 Å². The van der Waals surface area contributed by atoms with Crippen molar-refractivity contribution in [2.24, 2.45) is 0 Å². The standard InChI is InChI=1S/C16H13IO/c17-16-11-5-4-10-15(16)13-18-12-6-9-14-7-2-1-3-8-14/h1-5,7-8,10-11H,12-13H2. The molecule has 0 fully saturated rings. The number of rotatable bonds is 3. The number of benzene rings is 2. The largest absolute Gasteiger partial charge is 0.364 e. The Kier molecular flexibility index (Phi) is 5.25. The molecule has 2 rings (SSSR count). The van der Waals surface area contributed by atoms with Crippen molar-refractivity contribution in [3.63, 3.8) is 0 Å². The molecule has 18 heavy (non-hydrogen) atoms. The van der Waals surface area contributed by atoms with Gasteiger partial charge in [-0.2, -0.15) is 0 Å². The molecule has 0 N–H and O–H groups in total. The molecule has 0 aliphatic rings. The third-order valence-electron chi connectivity index (χ3n) is 2.40. The summed E-state index contributed by atoms with van der Waals surface area (Å²) >= 11 is 2.31. The molecule has 0 saturated carbocycles. The van der Waals surface area contributed by atoms with E-state index < -0.39 is 0 Å². The molecule has 0 aromatic heterocycles. The first-order valence-electron chi connectivity index (χ1n) is 5.71. The molecule has 0 spiro atoms. The minimum Gasteiger partial charge on any atom is -0.364 e. The molecule has 0 aliphatic carbocycles. The van der Waals surface area contributed by atoms with Crippen LogP contribution in [0.3, 0.4) is 0 Å². The summed E-state index contributed by atoms with van der Waals surface area (Å²) in [6, 6.07) is 18.1. The van der Waals surface area contributed by atoms with E-state index in [9.17, 15) is 0 Å². The Bertz CT molecular complexity index is 552. The Labute approximate surface area is 121 Å². The average molecular weight is 348 g/mol. The maximum absolute atomic E-state index is 5.54. The molecule has 2 heteroatoms. The first kappa shape index (κ1) is 13.1. The monoisotopic (exact) mass is 348 g/mol. The van der Waals surface area contributed by atoms with Gasteiger partial charge in [-0.05, 0) is 46.4 Å². The van der Waals surface area contributed by atoms with Crippen molar-refractivity contribution in [3.8, 4) is 11.8 Å². The fourth-order valence-corrected chi connectivity index (χ4v) is 2.03. The Morgan fingerprint density at radius 3 is 2.44 bits per heavy atom. The topological polar surface area (TPSA) is 9.23 Å². The van der Waals surface area contributed by atoms with E-state index in [-0.39, 0.29) is 0 Å². The van der Waals surface area contributed by atoms with E-state index in [2.05, 4.69) is 46.6 Å². The SMILES string of the molecule is Ic1ccccc1COCC#Cc1ccccc1. The van der Waals surface area contributed by atoms with Gasteiger partial charge in [0.25, 0.3) is 0 Å². The van der Waals surface area contributed by atoms with Gasteiger partial charge in [-0.25, -0.2) is 0 Å². The van der Waals surface area contributed by atoms with Crippen molar-refractivity contribution >= 4 is 22.6 Å². The Hall–Kier alpha value is -1.31. The second-order valence-corrected chi connectivity index (χ2v) is 4.91. The molecule has 90 valence electrons. The zero-order valence-corrected chi connectivity index (χ0v) is 12.1. The van der Waals surface area contributed by atoms with Crippen LogP contribution in [0.1, 0.15) is 11.1 Å². The van der Waals surface area contributed by atoms with Gasteiger partial charge in [-0.15, -0.1) is 0 Å². The summed E-state index contributed by atoms with van der Waals surface area (Å²) in [5, 5.41) is 0. The second-order valence-electron chi connectivity index (χ2n) is 3.75. The molecule has 2 aromatic carbocycles. The fraction of sp³-hybridized carbons (Fsp3) is 0.125. The lowest BCUT2D eigenvalue weighted by Crippen LogP contribution is -1.95. The van der Waals surface area contributed by atoms with Crippen LogP contribution in [-0.4, -0.2) is 6.61 Å².